The quantitative estimate of drug-likeness (QED) is 0.498. The monoisotopic (exact) mass is 378 g/mol. The first-order valence-electron chi connectivity index (χ1n) is 9.34. The van der Waals surface area contributed by atoms with Gasteiger partial charge in [-0.15, -0.1) is 0 Å². The molecule has 5 heteroatoms. The lowest BCUT2D eigenvalue weighted by Gasteiger charge is -2.08. The van der Waals surface area contributed by atoms with Gasteiger partial charge in [-0.25, -0.2) is 9.50 Å². The summed E-state index contributed by atoms with van der Waals surface area (Å²) in [5.41, 5.74) is 12.0. The molecule has 3 aromatic carbocycles. The van der Waals surface area contributed by atoms with Crippen LogP contribution in [-0.2, 0) is 0 Å². The van der Waals surface area contributed by atoms with E-state index in [0.717, 1.165) is 38.7 Å². The number of primary amides is 1. The molecule has 0 saturated heterocycles. The fraction of sp³-hybridized carbons (Fsp3) is 0.0417. The maximum Gasteiger partial charge on any atom is 0.249 e. The van der Waals surface area contributed by atoms with Gasteiger partial charge < -0.3 is 5.73 Å². The van der Waals surface area contributed by atoms with Crippen LogP contribution in [0.3, 0.4) is 0 Å². The highest BCUT2D eigenvalue weighted by Gasteiger charge is 2.14. The summed E-state index contributed by atoms with van der Waals surface area (Å²) in [4.78, 5) is 16.5. The molecule has 140 valence electrons. The molecule has 0 aliphatic carbocycles. The van der Waals surface area contributed by atoms with Crippen LogP contribution in [-0.4, -0.2) is 20.5 Å². The zero-order valence-corrected chi connectivity index (χ0v) is 15.8. The van der Waals surface area contributed by atoms with Gasteiger partial charge in [0.1, 0.15) is 0 Å². The minimum absolute atomic E-state index is 0.437. The van der Waals surface area contributed by atoms with Crippen LogP contribution in [0.5, 0.6) is 0 Å². The van der Waals surface area contributed by atoms with E-state index in [2.05, 4.69) is 41.3 Å². The Morgan fingerprint density at radius 3 is 2.41 bits per heavy atom. The van der Waals surface area contributed by atoms with Crippen molar-refractivity contribution in [3.05, 3.63) is 90.4 Å². The highest BCUT2D eigenvalue weighted by atomic mass is 16.1. The number of hydrogen-bond donors (Lipinski definition) is 1. The number of fused-ring (bicyclic) bond motifs is 2. The normalized spacial score (nSPS) is 11.2. The molecule has 0 aliphatic rings. The number of rotatable bonds is 3. The molecule has 0 spiro atoms. The first-order chi connectivity index (χ1) is 14.1. The van der Waals surface area contributed by atoms with Crippen LogP contribution in [0.15, 0.2) is 79.3 Å². The third-order valence-corrected chi connectivity index (χ3v) is 5.22. The van der Waals surface area contributed by atoms with Gasteiger partial charge in [-0.2, -0.15) is 5.10 Å². The first kappa shape index (κ1) is 17.1. The second-order valence-corrected chi connectivity index (χ2v) is 7.11. The molecule has 1 amide bonds. The van der Waals surface area contributed by atoms with Gasteiger partial charge in [0.05, 0.1) is 6.20 Å². The van der Waals surface area contributed by atoms with Crippen molar-refractivity contribution in [2.45, 2.75) is 6.92 Å². The first-order valence-corrected chi connectivity index (χ1v) is 9.34. The van der Waals surface area contributed by atoms with Crippen LogP contribution in [0.2, 0.25) is 0 Å². The third-order valence-electron chi connectivity index (χ3n) is 5.22. The lowest BCUT2D eigenvalue weighted by Crippen LogP contribution is -2.11. The van der Waals surface area contributed by atoms with E-state index >= 15 is 0 Å². The minimum Gasteiger partial charge on any atom is -0.366 e. The Bertz CT molecular complexity index is 1380. The molecule has 5 nitrogen and oxygen atoms in total. The number of benzene rings is 3. The molecule has 0 fully saturated rings. The van der Waals surface area contributed by atoms with E-state index in [1.54, 1.807) is 10.6 Å². The number of amides is 1. The molecule has 5 rings (SSSR count). The summed E-state index contributed by atoms with van der Waals surface area (Å²) in [5.74, 6) is -0.437. The molecule has 0 atom stereocenters. The maximum atomic E-state index is 11.8. The standard InChI is InChI=1S/C24H18N4O/c1-15-8-10-16(11-9-15)17-12-26-24-22(13-27-28(24)14-17)20-6-2-5-19-18(20)4-3-7-21(19)23(25)29/h2-14H,1H3,(H2,25,29). The van der Waals surface area contributed by atoms with Crippen molar-refractivity contribution in [2.24, 2.45) is 5.73 Å². The van der Waals surface area contributed by atoms with Gasteiger partial charge in [0.25, 0.3) is 0 Å². The van der Waals surface area contributed by atoms with Gasteiger partial charge in [0.15, 0.2) is 5.65 Å². The zero-order chi connectivity index (χ0) is 20.0. The summed E-state index contributed by atoms with van der Waals surface area (Å²) < 4.78 is 1.79. The van der Waals surface area contributed by atoms with Crippen LogP contribution < -0.4 is 5.73 Å². The summed E-state index contributed by atoms with van der Waals surface area (Å²) >= 11 is 0. The molecule has 0 saturated carbocycles. The second kappa shape index (κ2) is 6.56. The highest BCUT2D eigenvalue weighted by Crippen LogP contribution is 2.32. The fourth-order valence-corrected chi connectivity index (χ4v) is 3.72. The van der Waals surface area contributed by atoms with Crippen molar-refractivity contribution in [1.29, 1.82) is 0 Å². The number of aromatic nitrogens is 3. The number of carbonyl (C=O) groups excluding carboxylic acids is 1. The zero-order valence-electron chi connectivity index (χ0n) is 15.8. The van der Waals surface area contributed by atoms with Gasteiger partial charge in [-0.05, 0) is 34.9 Å². The van der Waals surface area contributed by atoms with E-state index in [-0.39, 0.29) is 0 Å². The van der Waals surface area contributed by atoms with E-state index in [0.29, 0.717) is 5.56 Å². The Morgan fingerprint density at radius 2 is 1.62 bits per heavy atom. The molecule has 0 unspecified atom stereocenters. The van der Waals surface area contributed by atoms with Crippen molar-refractivity contribution in [1.82, 2.24) is 14.6 Å². The number of nitrogens with two attached hydrogens (primary N) is 1. The van der Waals surface area contributed by atoms with Crippen molar-refractivity contribution >= 4 is 22.3 Å². The van der Waals surface area contributed by atoms with Crippen LogP contribution in [0.1, 0.15) is 15.9 Å². The number of nitrogens with zero attached hydrogens (tertiary/aromatic N) is 3. The van der Waals surface area contributed by atoms with Crippen molar-refractivity contribution in [3.8, 4) is 22.3 Å². The van der Waals surface area contributed by atoms with E-state index < -0.39 is 5.91 Å². The molecule has 29 heavy (non-hydrogen) atoms. The fourth-order valence-electron chi connectivity index (χ4n) is 3.72. The lowest BCUT2D eigenvalue weighted by atomic mass is 9.96. The smallest absolute Gasteiger partial charge is 0.249 e. The van der Waals surface area contributed by atoms with Crippen molar-refractivity contribution < 1.29 is 4.79 Å². The van der Waals surface area contributed by atoms with Crippen molar-refractivity contribution in [3.63, 3.8) is 0 Å². The maximum absolute atomic E-state index is 11.8. The molecular weight excluding hydrogens is 360 g/mol. The summed E-state index contributed by atoms with van der Waals surface area (Å²) in [5, 5.41) is 6.30. The molecule has 2 heterocycles. The molecule has 0 aliphatic heterocycles. The van der Waals surface area contributed by atoms with E-state index in [4.69, 9.17) is 5.73 Å². The summed E-state index contributed by atoms with van der Waals surface area (Å²) in [6.07, 6.45) is 5.66. The SMILES string of the molecule is Cc1ccc(-c2cnc3c(-c4cccc5c(C(N)=O)cccc45)cnn3c2)cc1. The molecule has 2 aromatic heterocycles. The minimum atomic E-state index is -0.437. The summed E-state index contributed by atoms with van der Waals surface area (Å²) in [6, 6.07) is 19.8. The Morgan fingerprint density at radius 1 is 0.862 bits per heavy atom. The van der Waals surface area contributed by atoms with Gasteiger partial charge in [-0.1, -0.05) is 60.2 Å². The average molecular weight is 378 g/mol. The van der Waals surface area contributed by atoms with Crippen LogP contribution >= 0.6 is 0 Å². The predicted octanol–water partition coefficient (Wildman–Crippen LogP) is 4.62. The predicted molar refractivity (Wildman–Crippen MR) is 115 cm³/mol. The average Bonchev–Trinajstić information content (AvgIpc) is 3.16. The van der Waals surface area contributed by atoms with Gasteiger partial charge in [0, 0.05) is 29.1 Å². The molecular formula is C24H18N4O. The second-order valence-electron chi connectivity index (χ2n) is 7.11. The number of carbonyl (C=O) groups is 1. The van der Waals surface area contributed by atoms with E-state index in [1.807, 2.05) is 48.9 Å². The molecule has 5 aromatic rings. The molecule has 2 N–H and O–H groups in total. The molecule has 0 bridgehead atoms. The van der Waals surface area contributed by atoms with Crippen molar-refractivity contribution in [2.75, 3.05) is 0 Å². The highest BCUT2D eigenvalue weighted by molar-refractivity contribution is 6.10. The van der Waals surface area contributed by atoms with Crippen LogP contribution in [0, 0.1) is 6.92 Å². The Hall–Kier alpha value is -3.99. The van der Waals surface area contributed by atoms with E-state index in [1.165, 1.54) is 5.56 Å². The number of hydrogen-bond acceptors (Lipinski definition) is 3. The topological polar surface area (TPSA) is 73.3 Å². The number of aryl methyl sites for hydroxylation is 1. The van der Waals surface area contributed by atoms with Crippen LogP contribution in [0.4, 0.5) is 0 Å². The Balaban J connectivity index is 1.68. The Labute approximate surface area is 167 Å². The van der Waals surface area contributed by atoms with E-state index in [9.17, 15) is 4.79 Å². The lowest BCUT2D eigenvalue weighted by molar-refractivity contribution is 0.100. The third kappa shape index (κ3) is 2.84. The molecule has 0 radical (unpaired) electrons. The largest absolute Gasteiger partial charge is 0.366 e. The van der Waals surface area contributed by atoms with Gasteiger partial charge >= 0.3 is 0 Å². The summed E-state index contributed by atoms with van der Waals surface area (Å²) in [7, 11) is 0. The van der Waals surface area contributed by atoms with Crippen LogP contribution in [0.25, 0.3) is 38.7 Å². The Kier molecular flexibility index (Phi) is 3.88. The summed E-state index contributed by atoms with van der Waals surface area (Å²) in [6.45, 7) is 2.07. The van der Waals surface area contributed by atoms with Gasteiger partial charge in [-0.3, -0.25) is 4.79 Å². The van der Waals surface area contributed by atoms with Gasteiger partial charge in [0.2, 0.25) is 5.91 Å².